The van der Waals surface area contributed by atoms with E-state index < -0.39 is 0 Å². The van der Waals surface area contributed by atoms with Gasteiger partial charge in [0.15, 0.2) is 0 Å². The molecular weight excluding hydrogens is 414 g/mol. The summed E-state index contributed by atoms with van der Waals surface area (Å²) in [6.07, 6.45) is 15.2. The van der Waals surface area contributed by atoms with Crippen LogP contribution in [0.3, 0.4) is 0 Å². The van der Waals surface area contributed by atoms with Crippen molar-refractivity contribution in [1.82, 2.24) is 0 Å². The first-order valence-corrected chi connectivity index (χ1v) is 14.3. The SMILES string of the molecule is CC(C)CCC[C@@H](C)[C@H]1CC[C@H]2[C@@H]3CC=C4N(c5ccccc5)C(=O)CC[C@]4(C)[C@H]3CC[C@]12C. The van der Waals surface area contributed by atoms with E-state index in [2.05, 4.69) is 69.9 Å². The number of piperidine rings is 1. The summed E-state index contributed by atoms with van der Waals surface area (Å²) in [4.78, 5) is 15.2. The summed E-state index contributed by atoms with van der Waals surface area (Å²) >= 11 is 0. The highest BCUT2D eigenvalue weighted by Gasteiger charge is 2.60. The number of hydrogen-bond donors (Lipinski definition) is 0. The number of para-hydroxylation sites is 1. The predicted molar refractivity (Wildman–Crippen MR) is 142 cm³/mol. The molecule has 0 unspecified atom stereocenters. The Balaban J connectivity index is 1.39. The molecule has 0 radical (unpaired) electrons. The van der Waals surface area contributed by atoms with Crippen LogP contribution in [-0.4, -0.2) is 5.91 Å². The van der Waals surface area contributed by atoms with E-state index in [1.807, 2.05) is 6.07 Å². The molecule has 1 aromatic rings. The van der Waals surface area contributed by atoms with E-state index in [0.29, 0.717) is 11.8 Å². The van der Waals surface area contributed by atoms with Crippen LogP contribution in [0.4, 0.5) is 5.69 Å². The Bertz CT molecular complexity index is 918. The third kappa shape index (κ3) is 3.88. The van der Waals surface area contributed by atoms with E-state index in [-0.39, 0.29) is 11.3 Å². The lowest BCUT2D eigenvalue weighted by Crippen LogP contribution is -2.54. The molecule has 0 N–H and O–H groups in total. The average molecular weight is 462 g/mol. The van der Waals surface area contributed by atoms with Crippen molar-refractivity contribution in [3.05, 3.63) is 42.1 Å². The van der Waals surface area contributed by atoms with Gasteiger partial charge in [0.05, 0.1) is 0 Å². The summed E-state index contributed by atoms with van der Waals surface area (Å²) in [5.41, 5.74) is 3.02. The van der Waals surface area contributed by atoms with E-state index in [1.165, 1.54) is 57.1 Å². The van der Waals surface area contributed by atoms with Gasteiger partial charge in [-0.25, -0.2) is 0 Å². The summed E-state index contributed by atoms with van der Waals surface area (Å²) in [7, 11) is 0. The van der Waals surface area contributed by atoms with Gasteiger partial charge in [-0.2, -0.15) is 0 Å². The van der Waals surface area contributed by atoms with Gasteiger partial charge in [0.2, 0.25) is 5.91 Å². The van der Waals surface area contributed by atoms with E-state index in [1.54, 1.807) is 0 Å². The normalized spacial score (nSPS) is 38.2. The van der Waals surface area contributed by atoms with Crippen molar-refractivity contribution >= 4 is 11.6 Å². The number of fused-ring (bicyclic) bond motifs is 5. The number of benzene rings is 1. The molecule has 2 saturated carbocycles. The molecule has 1 saturated heterocycles. The first-order valence-electron chi connectivity index (χ1n) is 14.3. The summed E-state index contributed by atoms with van der Waals surface area (Å²) in [6, 6.07) is 10.4. The number of carbonyl (C=O) groups is 1. The van der Waals surface area contributed by atoms with Crippen LogP contribution >= 0.6 is 0 Å². The molecule has 4 aliphatic rings. The van der Waals surface area contributed by atoms with Crippen LogP contribution in [0.2, 0.25) is 0 Å². The Morgan fingerprint density at radius 1 is 0.971 bits per heavy atom. The lowest BCUT2D eigenvalue weighted by molar-refractivity contribution is -0.122. The topological polar surface area (TPSA) is 20.3 Å². The zero-order chi connectivity index (χ0) is 24.1. The monoisotopic (exact) mass is 461 g/mol. The van der Waals surface area contributed by atoms with Gasteiger partial charge in [0.1, 0.15) is 0 Å². The lowest BCUT2D eigenvalue weighted by atomic mass is 9.48. The van der Waals surface area contributed by atoms with Crippen LogP contribution in [0.5, 0.6) is 0 Å². The molecule has 5 rings (SSSR count). The molecule has 7 atom stereocenters. The fourth-order valence-corrected chi connectivity index (χ4v) is 9.24. The van der Waals surface area contributed by atoms with E-state index in [9.17, 15) is 4.79 Å². The van der Waals surface area contributed by atoms with Crippen LogP contribution < -0.4 is 4.90 Å². The molecule has 1 heterocycles. The highest BCUT2D eigenvalue weighted by molar-refractivity contribution is 5.98. The van der Waals surface area contributed by atoms with Crippen molar-refractivity contribution in [3.63, 3.8) is 0 Å². The molecule has 1 amide bonds. The van der Waals surface area contributed by atoms with Gasteiger partial charge in [-0.1, -0.05) is 78.2 Å². The summed E-state index contributed by atoms with van der Waals surface area (Å²) in [6.45, 7) is 12.5. The lowest BCUT2D eigenvalue weighted by Gasteiger charge is -2.59. The molecule has 0 spiro atoms. The van der Waals surface area contributed by atoms with E-state index in [4.69, 9.17) is 0 Å². The minimum atomic E-state index is 0.134. The largest absolute Gasteiger partial charge is 0.285 e. The fourth-order valence-electron chi connectivity index (χ4n) is 9.24. The first-order chi connectivity index (χ1) is 16.3. The first kappa shape index (κ1) is 24.1. The van der Waals surface area contributed by atoms with Crippen LogP contribution in [0, 0.1) is 46.3 Å². The standard InChI is InChI=1S/C32H47NO/c1-22(2)10-9-11-23(3)26-15-16-27-25-14-17-29-32(5,28(25)18-20-31(26,27)4)21-19-30(34)33(29)24-12-7-6-8-13-24/h6-8,12-13,17,22-23,25-28H,9-11,14-16,18-21H2,1-5H3/t23-,25+,26-,27+,28+,31-,32-/m1/s1. The second kappa shape index (κ2) is 9.14. The zero-order valence-corrected chi connectivity index (χ0v) is 22.4. The predicted octanol–water partition coefficient (Wildman–Crippen LogP) is 8.63. The van der Waals surface area contributed by atoms with E-state index >= 15 is 0 Å². The molecular formula is C32H47NO. The highest BCUT2D eigenvalue weighted by Crippen LogP contribution is 2.67. The number of carbonyl (C=O) groups excluding carboxylic acids is 1. The minimum Gasteiger partial charge on any atom is -0.285 e. The van der Waals surface area contributed by atoms with Gasteiger partial charge >= 0.3 is 0 Å². The van der Waals surface area contributed by atoms with Gasteiger partial charge < -0.3 is 0 Å². The summed E-state index contributed by atoms with van der Waals surface area (Å²) in [5, 5.41) is 0. The molecule has 3 aliphatic carbocycles. The summed E-state index contributed by atoms with van der Waals surface area (Å²) < 4.78 is 0. The quantitative estimate of drug-likeness (QED) is 0.415. The minimum absolute atomic E-state index is 0.134. The number of rotatable bonds is 6. The van der Waals surface area contributed by atoms with Crippen LogP contribution in [-0.2, 0) is 4.79 Å². The maximum atomic E-state index is 13.1. The van der Waals surface area contributed by atoms with Crippen molar-refractivity contribution in [2.75, 3.05) is 4.90 Å². The number of amides is 1. The number of nitrogens with zero attached hydrogens (tertiary/aromatic N) is 1. The molecule has 1 aliphatic heterocycles. The van der Waals surface area contributed by atoms with E-state index in [0.717, 1.165) is 47.6 Å². The Hall–Kier alpha value is -1.57. The smallest absolute Gasteiger partial charge is 0.231 e. The maximum Gasteiger partial charge on any atom is 0.231 e. The Morgan fingerprint density at radius 3 is 2.47 bits per heavy atom. The molecule has 186 valence electrons. The van der Waals surface area contributed by atoms with Gasteiger partial charge in [-0.15, -0.1) is 0 Å². The second-order valence-electron chi connectivity index (χ2n) is 13.2. The number of anilines is 1. The van der Waals surface area contributed by atoms with Gasteiger partial charge in [0.25, 0.3) is 0 Å². The molecule has 2 heteroatoms. The van der Waals surface area contributed by atoms with Crippen LogP contribution in [0.1, 0.15) is 98.8 Å². The number of hydrogen-bond acceptors (Lipinski definition) is 1. The van der Waals surface area contributed by atoms with Crippen molar-refractivity contribution in [3.8, 4) is 0 Å². The molecule has 1 aromatic carbocycles. The van der Waals surface area contributed by atoms with Gasteiger partial charge in [0, 0.05) is 23.2 Å². The van der Waals surface area contributed by atoms with Gasteiger partial charge in [-0.05, 0) is 91.6 Å². The Kier molecular flexibility index (Phi) is 6.49. The van der Waals surface area contributed by atoms with Crippen molar-refractivity contribution in [2.45, 2.75) is 98.8 Å². The molecule has 3 fully saturated rings. The maximum absolute atomic E-state index is 13.1. The highest BCUT2D eigenvalue weighted by atomic mass is 16.2. The van der Waals surface area contributed by atoms with Crippen molar-refractivity contribution in [2.24, 2.45) is 46.3 Å². The fraction of sp³-hybridized carbons (Fsp3) is 0.719. The third-order valence-corrected chi connectivity index (χ3v) is 11.0. The number of allylic oxidation sites excluding steroid dienone is 2. The molecule has 0 bridgehead atoms. The molecule has 2 nitrogen and oxygen atoms in total. The zero-order valence-electron chi connectivity index (χ0n) is 22.4. The van der Waals surface area contributed by atoms with Gasteiger partial charge in [-0.3, -0.25) is 9.69 Å². The Labute approximate surface area is 208 Å². The molecule has 34 heavy (non-hydrogen) atoms. The molecule has 0 aromatic heterocycles. The van der Waals surface area contributed by atoms with Crippen molar-refractivity contribution < 1.29 is 4.79 Å². The third-order valence-electron chi connectivity index (χ3n) is 11.0. The summed E-state index contributed by atoms with van der Waals surface area (Å²) in [5.74, 6) is 5.25. The average Bonchev–Trinajstić information content (AvgIpc) is 3.17. The second-order valence-corrected chi connectivity index (χ2v) is 13.2. The Morgan fingerprint density at radius 2 is 1.74 bits per heavy atom. The van der Waals surface area contributed by atoms with Crippen molar-refractivity contribution in [1.29, 1.82) is 0 Å². The van der Waals surface area contributed by atoms with Crippen LogP contribution in [0.25, 0.3) is 0 Å². The van der Waals surface area contributed by atoms with Crippen LogP contribution in [0.15, 0.2) is 42.1 Å².